The second kappa shape index (κ2) is 8.01. The fourth-order valence-electron chi connectivity index (χ4n) is 2.68. The predicted octanol–water partition coefficient (Wildman–Crippen LogP) is 3.01. The maximum absolute atomic E-state index is 6.01. The van der Waals surface area contributed by atoms with Gasteiger partial charge in [-0.15, -0.1) is 15.3 Å². The molecule has 2 N–H and O–H groups in total. The van der Waals surface area contributed by atoms with Gasteiger partial charge in [-0.3, -0.25) is 10.1 Å². The summed E-state index contributed by atoms with van der Waals surface area (Å²) < 4.78 is 6.01. The fraction of sp³-hybridized carbons (Fsp3) is 0.111. The Hall–Kier alpha value is -3.53. The van der Waals surface area contributed by atoms with Gasteiger partial charge in [0.05, 0.1) is 11.5 Å². The standard InChI is InChI=1S/C18H16N8OS/c1-3-5-11-6-4-7-12(16(11)19-2)13-8-9-14(27-13)17-20-18(24-23-17)28-10-15-21-25-26-22-15/h3-9H,1,10H2,2H3,(H,20,23,24)(H,21,22,25,26)/b11-5-,19-16?. The minimum Gasteiger partial charge on any atom is -0.453 e. The largest absolute Gasteiger partial charge is 0.453 e. The van der Waals surface area contributed by atoms with Crippen LogP contribution in [0.25, 0.3) is 17.2 Å². The predicted molar refractivity (Wildman–Crippen MR) is 107 cm³/mol. The maximum atomic E-state index is 6.01. The molecule has 0 unspecified atom stereocenters. The van der Waals surface area contributed by atoms with Crippen LogP contribution in [-0.4, -0.2) is 48.6 Å². The number of aromatic nitrogens is 7. The first-order valence-corrected chi connectivity index (χ1v) is 9.33. The van der Waals surface area contributed by atoms with Crippen LogP contribution in [-0.2, 0) is 5.75 Å². The first-order chi connectivity index (χ1) is 13.8. The molecule has 3 aromatic heterocycles. The lowest BCUT2D eigenvalue weighted by molar-refractivity contribution is 0.565. The maximum Gasteiger partial charge on any atom is 0.209 e. The van der Waals surface area contributed by atoms with Crippen molar-refractivity contribution in [3.05, 3.63) is 66.2 Å². The second-order valence-corrected chi connectivity index (χ2v) is 6.56. The van der Waals surface area contributed by atoms with Crippen LogP contribution in [0.15, 0.2) is 69.2 Å². The van der Waals surface area contributed by atoms with Crippen molar-refractivity contribution in [3.63, 3.8) is 0 Å². The minimum atomic E-state index is 0.519. The van der Waals surface area contributed by atoms with Crippen LogP contribution in [0.3, 0.4) is 0 Å². The summed E-state index contributed by atoms with van der Waals surface area (Å²) in [4.78, 5) is 8.85. The third-order valence-corrected chi connectivity index (χ3v) is 4.72. The summed E-state index contributed by atoms with van der Waals surface area (Å²) in [5.41, 5.74) is 2.72. The molecule has 0 aliphatic heterocycles. The van der Waals surface area contributed by atoms with E-state index < -0.39 is 0 Å². The van der Waals surface area contributed by atoms with Crippen LogP contribution in [0.2, 0.25) is 0 Å². The Labute approximate surface area is 164 Å². The van der Waals surface area contributed by atoms with E-state index in [0.29, 0.717) is 34.1 Å². The number of H-pyrrole nitrogens is 2. The van der Waals surface area contributed by atoms with Crippen molar-refractivity contribution in [1.29, 1.82) is 0 Å². The van der Waals surface area contributed by atoms with E-state index in [-0.39, 0.29) is 0 Å². The van der Waals surface area contributed by atoms with E-state index in [4.69, 9.17) is 4.42 Å². The van der Waals surface area contributed by atoms with Gasteiger partial charge in [0.1, 0.15) is 5.76 Å². The van der Waals surface area contributed by atoms with E-state index in [1.165, 1.54) is 11.8 Å². The van der Waals surface area contributed by atoms with Gasteiger partial charge in [-0.05, 0) is 18.2 Å². The normalized spacial score (nSPS) is 16.7. The monoisotopic (exact) mass is 392 g/mol. The van der Waals surface area contributed by atoms with Gasteiger partial charge < -0.3 is 4.42 Å². The molecule has 0 radical (unpaired) electrons. The molecule has 140 valence electrons. The SMILES string of the molecule is C=C/C=C1/C=CC=C(c2ccc(-c3nc(SCc4nn[nH]n4)n[nH]3)o2)C1=NC. The molecule has 0 fully saturated rings. The molecule has 0 amide bonds. The highest BCUT2D eigenvalue weighted by molar-refractivity contribution is 7.98. The molecule has 0 saturated carbocycles. The van der Waals surface area contributed by atoms with E-state index in [1.807, 2.05) is 36.4 Å². The average molecular weight is 392 g/mol. The Kier molecular flexibility index (Phi) is 5.11. The lowest BCUT2D eigenvalue weighted by Crippen LogP contribution is -2.07. The molecule has 1 aliphatic carbocycles. The molecule has 0 spiro atoms. The minimum absolute atomic E-state index is 0.519. The summed E-state index contributed by atoms with van der Waals surface area (Å²) >= 11 is 1.40. The van der Waals surface area contributed by atoms with E-state index in [0.717, 1.165) is 16.9 Å². The van der Waals surface area contributed by atoms with Gasteiger partial charge in [0, 0.05) is 18.2 Å². The number of allylic oxidation sites excluding steroid dienone is 7. The molecule has 1 aliphatic rings. The molecule has 3 aromatic rings. The van der Waals surface area contributed by atoms with E-state index in [2.05, 4.69) is 47.4 Å². The van der Waals surface area contributed by atoms with Crippen LogP contribution in [0.1, 0.15) is 11.6 Å². The van der Waals surface area contributed by atoms with Gasteiger partial charge in [-0.1, -0.05) is 47.9 Å². The quantitative estimate of drug-likeness (QED) is 0.618. The fourth-order valence-corrected chi connectivity index (χ4v) is 3.32. The van der Waals surface area contributed by atoms with Crippen LogP contribution < -0.4 is 0 Å². The molecular formula is C18H16N8OS. The number of rotatable bonds is 6. The van der Waals surface area contributed by atoms with Crippen molar-refractivity contribution < 1.29 is 4.42 Å². The number of aromatic amines is 2. The van der Waals surface area contributed by atoms with Crippen molar-refractivity contribution in [2.24, 2.45) is 4.99 Å². The summed E-state index contributed by atoms with van der Waals surface area (Å²) in [7, 11) is 1.76. The Morgan fingerprint density at radius 2 is 2.18 bits per heavy atom. The summed E-state index contributed by atoms with van der Waals surface area (Å²) in [5.74, 6) is 2.95. The number of aliphatic imine (C=N–C) groups is 1. The Balaban J connectivity index is 1.53. The number of furan rings is 1. The van der Waals surface area contributed by atoms with Crippen molar-refractivity contribution in [1.82, 2.24) is 35.8 Å². The first kappa shape index (κ1) is 17.9. The van der Waals surface area contributed by atoms with Gasteiger partial charge in [-0.25, -0.2) is 0 Å². The molecule has 0 saturated heterocycles. The summed E-state index contributed by atoms with van der Waals surface area (Å²) in [6.45, 7) is 3.76. The number of thioether (sulfide) groups is 1. The van der Waals surface area contributed by atoms with Gasteiger partial charge in [0.15, 0.2) is 17.4 Å². The summed E-state index contributed by atoms with van der Waals surface area (Å²) in [6.07, 6.45) is 9.57. The number of nitrogens with zero attached hydrogens (tertiary/aromatic N) is 6. The topological polar surface area (TPSA) is 122 Å². The molecule has 10 heteroatoms. The number of hydrogen-bond donors (Lipinski definition) is 2. The lowest BCUT2D eigenvalue weighted by Gasteiger charge is -2.12. The van der Waals surface area contributed by atoms with Crippen molar-refractivity contribution >= 4 is 23.0 Å². The zero-order valence-corrected chi connectivity index (χ0v) is 15.8. The first-order valence-electron chi connectivity index (χ1n) is 8.35. The molecule has 0 aromatic carbocycles. The molecule has 9 nitrogen and oxygen atoms in total. The lowest BCUT2D eigenvalue weighted by atomic mass is 9.95. The highest BCUT2D eigenvalue weighted by Gasteiger charge is 2.19. The zero-order valence-electron chi connectivity index (χ0n) is 15.0. The molecule has 0 atom stereocenters. The van der Waals surface area contributed by atoms with Gasteiger partial charge in [-0.2, -0.15) is 10.2 Å². The van der Waals surface area contributed by atoms with Crippen LogP contribution in [0.4, 0.5) is 0 Å². The number of hydrogen-bond acceptors (Lipinski definition) is 8. The van der Waals surface area contributed by atoms with Gasteiger partial charge in [0.2, 0.25) is 5.16 Å². The highest BCUT2D eigenvalue weighted by atomic mass is 32.2. The van der Waals surface area contributed by atoms with Crippen molar-refractivity contribution in [2.75, 3.05) is 7.05 Å². The van der Waals surface area contributed by atoms with E-state index in [1.54, 1.807) is 13.1 Å². The van der Waals surface area contributed by atoms with Crippen LogP contribution in [0, 0.1) is 0 Å². The van der Waals surface area contributed by atoms with Crippen molar-refractivity contribution in [2.45, 2.75) is 10.9 Å². The van der Waals surface area contributed by atoms with Crippen molar-refractivity contribution in [3.8, 4) is 11.6 Å². The van der Waals surface area contributed by atoms with Crippen LogP contribution in [0.5, 0.6) is 0 Å². The number of nitrogens with one attached hydrogen (secondary N) is 2. The van der Waals surface area contributed by atoms with Crippen LogP contribution >= 0.6 is 11.8 Å². The highest BCUT2D eigenvalue weighted by Crippen LogP contribution is 2.30. The van der Waals surface area contributed by atoms with E-state index >= 15 is 0 Å². The molecule has 28 heavy (non-hydrogen) atoms. The zero-order chi connectivity index (χ0) is 19.3. The summed E-state index contributed by atoms with van der Waals surface area (Å²) in [6, 6.07) is 3.75. The Morgan fingerprint density at radius 3 is 2.96 bits per heavy atom. The summed E-state index contributed by atoms with van der Waals surface area (Å²) in [5, 5.41) is 21.4. The van der Waals surface area contributed by atoms with E-state index in [9.17, 15) is 0 Å². The van der Waals surface area contributed by atoms with Gasteiger partial charge in [0.25, 0.3) is 0 Å². The molecule has 4 rings (SSSR count). The Bertz CT molecular complexity index is 1100. The molecule has 3 heterocycles. The van der Waals surface area contributed by atoms with Gasteiger partial charge >= 0.3 is 0 Å². The molecule has 0 bridgehead atoms. The molecular weight excluding hydrogens is 376 g/mol. The third kappa shape index (κ3) is 3.62. The second-order valence-electron chi connectivity index (χ2n) is 5.62. The smallest absolute Gasteiger partial charge is 0.209 e. The Morgan fingerprint density at radius 1 is 1.29 bits per heavy atom. The number of tetrazole rings is 1. The average Bonchev–Trinajstić information content (AvgIpc) is 3.47. The third-order valence-electron chi connectivity index (χ3n) is 3.88.